The molecule has 0 unspecified atom stereocenters. The molecule has 0 saturated carbocycles. The number of aromatic nitrogens is 1. The van der Waals surface area contributed by atoms with Crippen LogP contribution >= 0.6 is 11.5 Å². The summed E-state index contributed by atoms with van der Waals surface area (Å²) in [6, 6.07) is 16.2. The molecule has 6 nitrogen and oxygen atoms in total. The molecule has 3 aromatic rings. The lowest BCUT2D eigenvalue weighted by molar-refractivity contribution is 0.261. The fraction of sp³-hybridized carbons (Fsp3) is 0.409. The highest BCUT2D eigenvalue weighted by molar-refractivity contribution is 7.92. The Bertz CT molecular complexity index is 1090. The molecule has 8 heteroatoms. The SMILES string of the molecule is CCCS(=O)(=O)Nc1cccc(CCN2CCN(c3nsc4ccccc34)CC2)c1. The maximum atomic E-state index is 12.0. The number of sulfonamides is 1. The summed E-state index contributed by atoms with van der Waals surface area (Å²) in [6.45, 7) is 6.81. The van der Waals surface area contributed by atoms with Gasteiger partial charge in [-0.3, -0.25) is 9.62 Å². The van der Waals surface area contributed by atoms with E-state index in [2.05, 4.69) is 49.2 Å². The summed E-state index contributed by atoms with van der Waals surface area (Å²) < 4.78 is 32.6. The number of rotatable bonds is 8. The Labute approximate surface area is 182 Å². The van der Waals surface area contributed by atoms with Crippen LogP contribution in [0.15, 0.2) is 48.5 Å². The van der Waals surface area contributed by atoms with Crippen molar-refractivity contribution in [2.75, 3.05) is 48.1 Å². The molecular weight excluding hydrogens is 416 g/mol. The van der Waals surface area contributed by atoms with Crippen LogP contribution in [0.4, 0.5) is 11.5 Å². The zero-order valence-corrected chi connectivity index (χ0v) is 18.9. The van der Waals surface area contributed by atoms with Gasteiger partial charge in [0.2, 0.25) is 10.0 Å². The lowest BCUT2D eigenvalue weighted by Crippen LogP contribution is -2.47. The zero-order chi connectivity index (χ0) is 21.0. The molecule has 4 rings (SSSR count). The Morgan fingerprint density at radius 1 is 1.07 bits per heavy atom. The van der Waals surface area contributed by atoms with Crippen LogP contribution in [0.3, 0.4) is 0 Å². The van der Waals surface area contributed by atoms with Crippen LogP contribution in [-0.2, 0) is 16.4 Å². The van der Waals surface area contributed by atoms with Crippen molar-refractivity contribution in [2.24, 2.45) is 0 Å². The number of fused-ring (bicyclic) bond motifs is 1. The van der Waals surface area contributed by atoms with Crippen LogP contribution in [0.25, 0.3) is 10.1 Å². The molecule has 160 valence electrons. The van der Waals surface area contributed by atoms with Gasteiger partial charge in [-0.2, -0.15) is 4.37 Å². The van der Waals surface area contributed by atoms with E-state index in [4.69, 9.17) is 0 Å². The van der Waals surface area contributed by atoms with Gasteiger partial charge in [-0.1, -0.05) is 31.2 Å². The van der Waals surface area contributed by atoms with Crippen molar-refractivity contribution in [3.05, 3.63) is 54.1 Å². The molecule has 0 radical (unpaired) electrons. The van der Waals surface area contributed by atoms with Gasteiger partial charge in [0.05, 0.1) is 10.5 Å². The van der Waals surface area contributed by atoms with Crippen LogP contribution in [0, 0.1) is 0 Å². The summed E-state index contributed by atoms with van der Waals surface area (Å²) in [6.07, 6.45) is 1.51. The summed E-state index contributed by atoms with van der Waals surface area (Å²) in [7, 11) is -3.25. The monoisotopic (exact) mass is 444 g/mol. The van der Waals surface area contributed by atoms with Crippen molar-refractivity contribution in [2.45, 2.75) is 19.8 Å². The van der Waals surface area contributed by atoms with Gasteiger partial charge in [-0.05, 0) is 54.2 Å². The summed E-state index contributed by atoms with van der Waals surface area (Å²) in [4.78, 5) is 4.86. The van der Waals surface area contributed by atoms with Crippen LogP contribution in [0.5, 0.6) is 0 Å². The summed E-state index contributed by atoms with van der Waals surface area (Å²) in [5.41, 5.74) is 1.81. The molecule has 2 heterocycles. The first kappa shape index (κ1) is 21.1. The van der Waals surface area contributed by atoms with Crippen molar-refractivity contribution in [3.63, 3.8) is 0 Å². The number of hydrogen-bond donors (Lipinski definition) is 1. The van der Waals surface area contributed by atoms with Crippen molar-refractivity contribution < 1.29 is 8.42 Å². The summed E-state index contributed by atoms with van der Waals surface area (Å²) >= 11 is 1.57. The molecule has 0 spiro atoms. The maximum Gasteiger partial charge on any atom is 0.232 e. The molecular formula is C22H28N4O2S2. The van der Waals surface area contributed by atoms with Crippen LogP contribution in [0.1, 0.15) is 18.9 Å². The highest BCUT2D eigenvalue weighted by atomic mass is 32.2. The third-order valence-corrected chi connectivity index (χ3v) is 7.73. The second-order valence-corrected chi connectivity index (χ2v) is 10.3. The van der Waals surface area contributed by atoms with Crippen molar-refractivity contribution in [1.82, 2.24) is 9.27 Å². The van der Waals surface area contributed by atoms with Gasteiger partial charge in [0, 0.05) is 43.8 Å². The number of anilines is 2. The standard InChI is InChI=1S/C22H28N4O2S2/c1-2-16-30(27,28)24-19-7-5-6-18(17-19)10-11-25-12-14-26(15-13-25)22-20-8-3-4-9-21(20)29-23-22/h3-9,17,24H,2,10-16H2,1H3. The van der Waals surface area contributed by atoms with Crippen molar-refractivity contribution >= 4 is 43.1 Å². The number of hydrogen-bond acceptors (Lipinski definition) is 6. The molecule has 1 aliphatic rings. The second kappa shape index (κ2) is 9.32. The number of benzene rings is 2. The van der Waals surface area contributed by atoms with E-state index in [-0.39, 0.29) is 5.75 Å². The lowest BCUT2D eigenvalue weighted by Gasteiger charge is -2.35. The minimum absolute atomic E-state index is 0.149. The molecule has 1 aromatic heterocycles. The van der Waals surface area contributed by atoms with Crippen LogP contribution < -0.4 is 9.62 Å². The van der Waals surface area contributed by atoms with E-state index in [0.29, 0.717) is 12.1 Å². The van der Waals surface area contributed by atoms with Crippen LogP contribution in [0.2, 0.25) is 0 Å². The zero-order valence-electron chi connectivity index (χ0n) is 17.3. The first-order chi connectivity index (χ1) is 14.5. The normalized spacial score (nSPS) is 15.6. The summed E-state index contributed by atoms with van der Waals surface area (Å²) in [5, 5.41) is 1.25. The average Bonchev–Trinajstić information content (AvgIpc) is 3.17. The van der Waals surface area contributed by atoms with E-state index >= 15 is 0 Å². The minimum Gasteiger partial charge on any atom is -0.353 e. The Morgan fingerprint density at radius 2 is 1.87 bits per heavy atom. The smallest absolute Gasteiger partial charge is 0.232 e. The third-order valence-electron chi connectivity index (χ3n) is 5.42. The van der Waals surface area contributed by atoms with E-state index in [9.17, 15) is 8.42 Å². The molecule has 1 N–H and O–H groups in total. The molecule has 1 fully saturated rings. The maximum absolute atomic E-state index is 12.0. The quantitative estimate of drug-likeness (QED) is 0.572. The van der Waals surface area contributed by atoms with E-state index in [1.54, 1.807) is 11.5 Å². The van der Waals surface area contributed by atoms with Crippen molar-refractivity contribution in [3.8, 4) is 0 Å². The van der Waals surface area contributed by atoms with Gasteiger partial charge < -0.3 is 4.90 Å². The predicted octanol–water partition coefficient (Wildman–Crippen LogP) is 3.81. The number of piperazine rings is 1. The average molecular weight is 445 g/mol. The van der Waals surface area contributed by atoms with Gasteiger partial charge in [-0.25, -0.2) is 8.42 Å². The Kier molecular flexibility index (Phi) is 6.55. The van der Waals surface area contributed by atoms with E-state index in [0.717, 1.165) is 50.5 Å². The van der Waals surface area contributed by atoms with E-state index < -0.39 is 10.0 Å². The lowest BCUT2D eigenvalue weighted by atomic mass is 10.1. The van der Waals surface area contributed by atoms with Crippen LogP contribution in [-0.4, -0.2) is 56.2 Å². The first-order valence-electron chi connectivity index (χ1n) is 10.5. The Balaban J connectivity index is 1.30. The largest absolute Gasteiger partial charge is 0.353 e. The minimum atomic E-state index is -3.25. The highest BCUT2D eigenvalue weighted by Crippen LogP contribution is 2.29. The molecule has 0 aliphatic carbocycles. The number of nitrogens with zero attached hydrogens (tertiary/aromatic N) is 3. The third kappa shape index (κ3) is 5.11. The molecule has 0 atom stereocenters. The Hall–Kier alpha value is -2.16. The van der Waals surface area contributed by atoms with Gasteiger partial charge in [0.25, 0.3) is 0 Å². The highest BCUT2D eigenvalue weighted by Gasteiger charge is 2.20. The van der Waals surface area contributed by atoms with Gasteiger partial charge in [-0.15, -0.1) is 0 Å². The fourth-order valence-electron chi connectivity index (χ4n) is 3.86. The predicted molar refractivity (Wildman–Crippen MR) is 126 cm³/mol. The molecule has 0 bridgehead atoms. The Morgan fingerprint density at radius 3 is 2.67 bits per heavy atom. The fourth-order valence-corrected chi connectivity index (χ4v) is 5.78. The topological polar surface area (TPSA) is 65.5 Å². The molecule has 0 amide bonds. The number of nitrogens with one attached hydrogen (secondary N) is 1. The van der Waals surface area contributed by atoms with Gasteiger partial charge >= 0.3 is 0 Å². The second-order valence-electron chi connectivity index (χ2n) is 7.70. The van der Waals surface area contributed by atoms with E-state index in [1.165, 1.54) is 10.1 Å². The summed E-state index contributed by atoms with van der Waals surface area (Å²) in [5.74, 6) is 1.26. The van der Waals surface area contributed by atoms with Crippen molar-refractivity contribution in [1.29, 1.82) is 0 Å². The van der Waals surface area contributed by atoms with Gasteiger partial charge in [0.1, 0.15) is 5.82 Å². The molecule has 30 heavy (non-hydrogen) atoms. The molecule has 1 aliphatic heterocycles. The first-order valence-corrected chi connectivity index (χ1v) is 12.9. The van der Waals surface area contributed by atoms with Gasteiger partial charge in [0.15, 0.2) is 0 Å². The molecule has 2 aromatic carbocycles. The van der Waals surface area contributed by atoms with E-state index in [1.807, 2.05) is 25.1 Å². The molecule has 1 saturated heterocycles.